The van der Waals surface area contributed by atoms with E-state index in [1.54, 1.807) is 7.05 Å². The Morgan fingerprint density at radius 3 is 2.72 bits per heavy atom. The largest absolute Gasteiger partial charge is 0.457 e. The Morgan fingerprint density at radius 2 is 1.89 bits per heavy atom. The molecule has 1 unspecified atom stereocenters. The molecule has 184 valence electrons. The van der Waals surface area contributed by atoms with Gasteiger partial charge in [-0.25, -0.2) is 0 Å². The molecular weight excluding hydrogens is 454 g/mol. The Balaban J connectivity index is 1.23. The lowest BCUT2D eigenvalue weighted by molar-refractivity contribution is -0.125. The highest BCUT2D eigenvalue weighted by molar-refractivity contribution is 6.05. The number of aromatic amines is 1. The average molecular weight is 484 g/mol. The molecule has 3 aromatic carbocycles. The summed E-state index contributed by atoms with van der Waals surface area (Å²) >= 11 is 0. The second-order valence-electron chi connectivity index (χ2n) is 8.91. The molecule has 36 heavy (non-hydrogen) atoms. The van der Waals surface area contributed by atoms with E-state index < -0.39 is 0 Å². The number of fused-ring (bicyclic) bond motifs is 1. The molecule has 4 aromatic rings. The highest BCUT2D eigenvalue weighted by Gasteiger charge is 2.26. The van der Waals surface area contributed by atoms with Gasteiger partial charge >= 0.3 is 0 Å². The van der Waals surface area contributed by atoms with Crippen LogP contribution < -0.4 is 20.3 Å². The minimum Gasteiger partial charge on any atom is -0.457 e. The van der Waals surface area contributed by atoms with Gasteiger partial charge in [0.05, 0.1) is 11.4 Å². The lowest BCUT2D eigenvalue weighted by Gasteiger charge is -2.33. The maximum absolute atomic E-state index is 13.1. The molecule has 5 rings (SSSR count). The van der Waals surface area contributed by atoms with Gasteiger partial charge in [0.2, 0.25) is 5.91 Å². The van der Waals surface area contributed by atoms with E-state index in [4.69, 9.17) is 4.74 Å². The number of hydrogen-bond acceptors (Lipinski definition) is 5. The summed E-state index contributed by atoms with van der Waals surface area (Å²) in [6.45, 7) is 1.91. The van der Waals surface area contributed by atoms with Crippen LogP contribution in [-0.4, -0.2) is 42.1 Å². The van der Waals surface area contributed by atoms with E-state index in [9.17, 15) is 9.59 Å². The minimum atomic E-state index is -0.223. The maximum Gasteiger partial charge on any atom is 0.272 e. The normalized spacial score (nSPS) is 15.5. The van der Waals surface area contributed by atoms with Crippen LogP contribution in [0.3, 0.4) is 0 Å². The van der Waals surface area contributed by atoms with E-state index in [1.165, 1.54) is 0 Å². The number of anilines is 1. The number of nitrogens with zero attached hydrogens (tertiary/aromatic N) is 2. The quantitative estimate of drug-likeness (QED) is 0.365. The molecule has 1 aliphatic rings. The van der Waals surface area contributed by atoms with Gasteiger partial charge in [-0.2, -0.15) is 5.10 Å². The number of H-pyrrole nitrogens is 1. The van der Waals surface area contributed by atoms with Gasteiger partial charge in [-0.05, 0) is 49.2 Å². The zero-order valence-corrected chi connectivity index (χ0v) is 20.2. The van der Waals surface area contributed by atoms with E-state index >= 15 is 0 Å². The predicted octanol–water partition coefficient (Wildman–Crippen LogP) is 4.25. The number of aromatic nitrogens is 2. The van der Waals surface area contributed by atoms with Crippen LogP contribution in [-0.2, 0) is 11.3 Å². The molecule has 0 bridgehead atoms. The van der Waals surface area contributed by atoms with Crippen molar-refractivity contribution in [3.05, 3.63) is 84.1 Å². The van der Waals surface area contributed by atoms with Gasteiger partial charge in [-0.1, -0.05) is 36.4 Å². The van der Waals surface area contributed by atoms with Crippen LogP contribution >= 0.6 is 0 Å². The summed E-state index contributed by atoms with van der Waals surface area (Å²) in [5.41, 5.74) is 3.12. The zero-order chi connectivity index (χ0) is 24.9. The molecule has 2 amide bonds. The van der Waals surface area contributed by atoms with Gasteiger partial charge in [-0.15, -0.1) is 0 Å². The SMILES string of the molecule is CNC(=O)c1n[nH]c2cc(N3CCCC(C(=O)NCc4ccccc4Oc4ccccc4)C3)ccc12. The van der Waals surface area contributed by atoms with E-state index in [2.05, 4.69) is 25.7 Å². The first-order chi connectivity index (χ1) is 17.6. The Morgan fingerprint density at radius 1 is 1.08 bits per heavy atom. The van der Waals surface area contributed by atoms with Crippen molar-refractivity contribution in [1.29, 1.82) is 0 Å². The Bertz CT molecular complexity index is 1370. The fraction of sp³-hybridized carbons (Fsp3) is 0.250. The molecule has 1 aromatic heterocycles. The summed E-state index contributed by atoms with van der Waals surface area (Å²) in [4.78, 5) is 27.3. The summed E-state index contributed by atoms with van der Waals surface area (Å²) in [7, 11) is 1.59. The number of carbonyl (C=O) groups is 2. The number of rotatable bonds is 7. The van der Waals surface area contributed by atoms with Gasteiger partial charge in [0.1, 0.15) is 11.5 Å². The van der Waals surface area contributed by atoms with Crippen molar-refractivity contribution in [3.63, 3.8) is 0 Å². The first-order valence-corrected chi connectivity index (χ1v) is 12.2. The second kappa shape index (κ2) is 10.5. The van der Waals surface area contributed by atoms with Gasteiger partial charge in [-0.3, -0.25) is 14.7 Å². The van der Waals surface area contributed by atoms with Crippen molar-refractivity contribution >= 4 is 28.4 Å². The van der Waals surface area contributed by atoms with Crippen molar-refractivity contribution in [2.24, 2.45) is 5.92 Å². The summed E-state index contributed by atoms with van der Waals surface area (Å²) < 4.78 is 6.03. The molecule has 8 nitrogen and oxygen atoms in total. The number of hydrogen-bond donors (Lipinski definition) is 3. The third-order valence-electron chi connectivity index (χ3n) is 6.54. The topological polar surface area (TPSA) is 99.4 Å². The molecule has 8 heteroatoms. The number of carbonyl (C=O) groups excluding carboxylic acids is 2. The van der Waals surface area contributed by atoms with Gasteiger partial charge in [0.25, 0.3) is 5.91 Å². The van der Waals surface area contributed by atoms with E-state index in [-0.39, 0.29) is 17.7 Å². The maximum atomic E-state index is 13.1. The molecule has 0 spiro atoms. The van der Waals surface area contributed by atoms with Crippen LogP contribution in [0.15, 0.2) is 72.8 Å². The van der Waals surface area contributed by atoms with Crippen molar-refractivity contribution < 1.29 is 14.3 Å². The average Bonchev–Trinajstić information content (AvgIpc) is 3.36. The Labute approximate surface area is 209 Å². The Hall–Kier alpha value is -4.33. The third kappa shape index (κ3) is 5.02. The predicted molar refractivity (Wildman–Crippen MR) is 139 cm³/mol. The highest BCUT2D eigenvalue weighted by Crippen LogP contribution is 2.28. The van der Waals surface area contributed by atoms with Crippen molar-refractivity contribution in [2.75, 3.05) is 25.0 Å². The number of benzene rings is 3. The minimum absolute atomic E-state index is 0.0405. The summed E-state index contributed by atoms with van der Waals surface area (Å²) in [5.74, 6) is 1.20. The number of amides is 2. The number of piperidine rings is 1. The molecule has 0 aliphatic carbocycles. The van der Waals surface area contributed by atoms with Crippen molar-refractivity contribution in [2.45, 2.75) is 19.4 Å². The summed E-state index contributed by atoms with van der Waals surface area (Å²) in [6.07, 6.45) is 1.77. The lowest BCUT2D eigenvalue weighted by atomic mass is 9.96. The zero-order valence-electron chi connectivity index (χ0n) is 20.2. The molecule has 0 radical (unpaired) electrons. The molecule has 1 atom stereocenters. The van der Waals surface area contributed by atoms with Crippen LogP contribution in [0.4, 0.5) is 5.69 Å². The van der Waals surface area contributed by atoms with E-state index in [0.717, 1.165) is 53.0 Å². The van der Waals surface area contributed by atoms with Crippen molar-refractivity contribution in [3.8, 4) is 11.5 Å². The van der Waals surface area contributed by atoms with Crippen LogP contribution in [0.1, 0.15) is 28.9 Å². The molecule has 0 saturated carbocycles. The fourth-order valence-corrected chi connectivity index (χ4v) is 4.61. The van der Waals surface area contributed by atoms with Crippen LogP contribution in [0, 0.1) is 5.92 Å². The molecule has 3 N–H and O–H groups in total. The van der Waals surface area contributed by atoms with Crippen LogP contribution in [0.5, 0.6) is 11.5 Å². The molecule has 2 heterocycles. The summed E-state index contributed by atoms with van der Waals surface area (Å²) in [5, 5.41) is 13.6. The Kier molecular flexibility index (Phi) is 6.84. The van der Waals surface area contributed by atoms with E-state index in [1.807, 2.05) is 72.8 Å². The first-order valence-electron chi connectivity index (χ1n) is 12.2. The van der Waals surface area contributed by atoms with Crippen LogP contribution in [0.25, 0.3) is 10.9 Å². The number of ether oxygens (including phenoxy) is 1. The molecule has 1 fully saturated rings. The highest BCUT2D eigenvalue weighted by atomic mass is 16.5. The smallest absolute Gasteiger partial charge is 0.272 e. The number of nitrogens with one attached hydrogen (secondary N) is 3. The standard InChI is InChI=1S/C28H29N5O3/c1-29-28(35)26-23-14-13-21(16-24(23)31-32-26)33-15-7-9-20(18-33)27(34)30-17-19-8-5-6-12-25(19)36-22-10-3-2-4-11-22/h2-6,8,10-14,16,20H,7,9,15,17-18H2,1H3,(H,29,35)(H,30,34)(H,31,32). The first kappa shape index (κ1) is 23.4. The summed E-state index contributed by atoms with van der Waals surface area (Å²) in [6, 6.07) is 23.3. The van der Waals surface area contributed by atoms with Gasteiger partial charge in [0, 0.05) is 43.3 Å². The van der Waals surface area contributed by atoms with Crippen LogP contribution in [0.2, 0.25) is 0 Å². The third-order valence-corrected chi connectivity index (χ3v) is 6.54. The fourth-order valence-electron chi connectivity index (χ4n) is 4.61. The number of para-hydroxylation sites is 2. The molecule has 1 aliphatic heterocycles. The van der Waals surface area contributed by atoms with Crippen molar-refractivity contribution in [1.82, 2.24) is 20.8 Å². The second-order valence-corrected chi connectivity index (χ2v) is 8.91. The van der Waals surface area contributed by atoms with Gasteiger partial charge in [0.15, 0.2) is 5.69 Å². The lowest BCUT2D eigenvalue weighted by Crippen LogP contribution is -2.43. The monoisotopic (exact) mass is 483 g/mol. The molecule has 1 saturated heterocycles. The van der Waals surface area contributed by atoms with E-state index in [0.29, 0.717) is 18.8 Å². The molecular formula is C28H29N5O3. The van der Waals surface area contributed by atoms with Gasteiger partial charge < -0.3 is 20.3 Å².